The molecular weight excluding hydrogens is 196 g/mol. The van der Waals surface area contributed by atoms with Gasteiger partial charge in [-0.15, -0.1) is 0 Å². The van der Waals surface area contributed by atoms with Gasteiger partial charge in [0.05, 0.1) is 0 Å². The molecule has 0 rings (SSSR count). The Balaban J connectivity index is 0. The molecule has 0 atom stereocenters. The van der Waals surface area contributed by atoms with Gasteiger partial charge in [-0.05, 0) is 13.8 Å². The highest BCUT2D eigenvalue weighted by Gasteiger charge is 1.99. The summed E-state index contributed by atoms with van der Waals surface area (Å²) in [4.78, 5) is 20.3. The Morgan fingerprint density at radius 2 is 1.60 bits per heavy atom. The van der Waals surface area contributed by atoms with Gasteiger partial charge in [-0.1, -0.05) is 13.2 Å². The number of ether oxygens (including phenoxy) is 1. The van der Waals surface area contributed by atoms with Crippen molar-refractivity contribution in [1.29, 1.82) is 0 Å². The summed E-state index contributed by atoms with van der Waals surface area (Å²) in [5.74, 6) is -0.810. The molecule has 0 unspecified atom stereocenters. The number of primary amides is 1. The fraction of sp³-hybridized carbons (Fsp3) is 0.400. The number of amides is 1. The van der Waals surface area contributed by atoms with Gasteiger partial charge in [-0.25, -0.2) is 4.79 Å². The smallest absolute Gasteiger partial charge is 0.333 e. The first-order chi connectivity index (χ1) is 6.82. The highest BCUT2D eigenvalue weighted by atomic mass is 16.5. The number of hydrogen-bond donors (Lipinski definition) is 2. The zero-order valence-corrected chi connectivity index (χ0v) is 9.21. The minimum atomic E-state index is -0.435. The van der Waals surface area contributed by atoms with Gasteiger partial charge >= 0.3 is 5.97 Å². The minimum Gasteiger partial charge on any atom is -0.461 e. The molecule has 0 heterocycles. The Morgan fingerprint density at radius 3 is 1.80 bits per heavy atom. The summed E-state index contributed by atoms with van der Waals surface area (Å²) in [6, 6.07) is 0. The molecule has 0 aromatic heterocycles. The molecule has 86 valence electrons. The minimum absolute atomic E-state index is 0.270. The fourth-order valence-corrected chi connectivity index (χ4v) is 0.275. The molecule has 0 fully saturated rings. The topological polar surface area (TPSA) is 95.4 Å². The number of hydrogen-bond acceptors (Lipinski definition) is 4. The van der Waals surface area contributed by atoms with E-state index in [1.807, 2.05) is 0 Å². The quantitative estimate of drug-likeness (QED) is 0.513. The number of esters is 1. The van der Waals surface area contributed by atoms with Crippen molar-refractivity contribution in [3.05, 3.63) is 24.3 Å². The van der Waals surface area contributed by atoms with Crippen LogP contribution in [0.1, 0.15) is 13.8 Å². The summed E-state index contributed by atoms with van der Waals surface area (Å²) in [7, 11) is 0. The molecule has 0 aliphatic carbocycles. The van der Waals surface area contributed by atoms with Crippen LogP contribution in [0.5, 0.6) is 0 Å². The molecule has 0 saturated heterocycles. The maximum atomic E-state index is 10.5. The van der Waals surface area contributed by atoms with Crippen LogP contribution in [0.15, 0.2) is 24.3 Å². The Kier molecular flexibility index (Phi) is 9.45. The zero-order chi connectivity index (χ0) is 12.4. The van der Waals surface area contributed by atoms with Crippen molar-refractivity contribution in [1.82, 2.24) is 0 Å². The van der Waals surface area contributed by atoms with E-state index in [-0.39, 0.29) is 12.6 Å². The maximum Gasteiger partial charge on any atom is 0.333 e. The molecule has 5 heteroatoms. The van der Waals surface area contributed by atoms with Crippen molar-refractivity contribution >= 4 is 11.9 Å². The van der Waals surface area contributed by atoms with E-state index in [0.717, 1.165) is 0 Å². The van der Waals surface area contributed by atoms with E-state index in [0.29, 0.717) is 17.7 Å². The normalized spacial score (nSPS) is 8.20. The van der Waals surface area contributed by atoms with Gasteiger partial charge in [0.25, 0.3) is 0 Å². The van der Waals surface area contributed by atoms with Crippen LogP contribution in [0.25, 0.3) is 0 Å². The molecule has 5 nitrogen and oxygen atoms in total. The van der Waals surface area contributed by atoms with E-state index in [2.05, 4.69) is 17.9 Å². The van der Waals surface area contributed by atoms with Crippen LogP contribution < -0.4 is 11.5 Å². The number of rotatable bonds is 4. The molecule has 0 bridgehead atoms. The van der Waals surface area contributed by atoms with E-state index in [1.165, 1.54) is 0 Å². The van der Waals surface area contributed by atoms with Crippen LogP contribution in [0, 0.1) is 0 Å². The molecule has 0 aromatic carbocycles. The third-order valence-electron chi connectivity index (χ3n) is 1.12. The van der Waals surface area contributed by atoms with Gasteiger partial charge in [0.1, 0.15) is 6.61 Å². The Labute approximate surface area is 89.8 Å². The maximum absolute atomic E-state index is 10.5. The second-order valence-corrected chi connectivity index (χ2v) is 2.85. The van der Waals surface area contributed by atoms with Gasteiger partial charge in [0.15, 0.2) is 0 Å². The third kappa shape index (κ3) is 12.4. The molecule has 0 radical (unpaired) electrons. The van der Waals surface area contributed by atoms with Crippen molar-refractivity contribution < 1.29 is 14.3 Å². The summed E-state index contributed by atoms with van der Waals surface area (Å²) >= 11 is 0. The van der Waals surface area contributed by atoms with Gasteiger partial charge < -0.3 is 16.2 Å². The molecular formula is C10H18N2O3. The average Bonchev–Trinajstić information content (AvgIpc) is 2.14. The van der Waals surface area contributed by atoms with Crippen LogP contribution in [-0.4, -0.2) is 25.0 Å². The Bertz CT molecular complexity index is 247. The van der Waals surface area contributed by atoms with Crippen molar-refractivity contribution in [2.75, 3.05) is 13.2 Å². The third-order valence-corrected chi connectivity index (χ3v) is 1.12. The van der Waals surface area contributed by atoms with Gasteiger partial charge in [0, 0.05) is 17.7 Å². The molecule has 0 aliphatic rings. The predicted molar refractivity (Wildman–Crippen MR) is 58.8 cm³/mol. The van der Waals surface area contributed by atoms with Crippen LogP contribution in [-0.2, 0) is 14.3 Å². The van der Waals surface area contributed by atoms with Crippen LogP contribution in [0.4, 0.5) is 0 Å². The van der Waals surface area contributed by atoms with Crippen molar-refractivity contribution in [3.8, 4) is 0 Å². The standard InChI is InChI=1S/C6H11NO2.C4H7NO/c1-5(2)6(8)9-4-3-7;1-3(2)4(5)6/h1,3-4,7H2,2H3;1H2,2H3,(H2,5,6). The number of carbonyl (C=O) groups is 2. The molecule has 1 amide bonds. The lowest BCUT2D eigenvalue weighted by Crippen LogP contribution is -2.13. The summed E-state index contributed by atoms with van der Waals surface area (Å²) in [6.07, 6.45) is 0. The van der Waals surface area contributed by atoms with E-state index >= 15 is 0 Å². The lowest BCUT2D eigenvalue weighted by Gasteiger charge is -1.99. The number of carbonyl (C=O) groups excluding carboxylic acids is 2. The molecule has 0 spiro atoms. The Hall–Kier alpha value is -1.62. The van der Waals surface area contributed by atoms with Crippen LogP contribution >= 0.6 is 0 Å². The van der Waals surface area contributed by atoms with Gasteiger partial charge in [-0.3, -0.25) is 4.79 Å². The lowest BCUT2D eigenvalue weighted by molar-refractivity contribution is -0.138. The highest BCUT2D eigenvalue weighted by Crippen LogP contribution is 1.89. The van der Waals surface area contributed by atoms with E-state index < -0.39 is 5.91 Å². The van der Waals surface area contributed by atoms with E-state index in [4.69, 9.17) is 11.5 Å². The highest BCUT2D eigenvalue weighted by molar-refractivity contribution is 5.90. The van der Waals surface area contributed by atoms with E-state index in [9.17, 15) is 9.59 Å². The molecule has 0 aromatic rings. The molecule has 15 heavy (non-hydrogen) atoms. The average molecular weight is 214 g/mol. The number of nitrogens with two attached hydrogens (primary N) is 2. The van der Waals surface area contributed by atoms with Gasteiger partial charge in [-0.2, -0.15) is 0 Å². The fourth-order valence-electron chi connectivity index (χ4n) is 0.275. The van der Waals surface area contributed by atoms with Gasteiger partial charge in [0.2, 0.25) is 5.91 Å². The summed E-state index contributed by atoms with van der Waals surface area (Å²) in [5.41, 5.74) is 10.6. The molecule has 4 N–H and O–H groups in total. The Morgan fingerprint density at radius 1 is 1.20 bits per heavy atom. The van der Waals surface area contributed by atoms with Crippen molar-refractivity contribution in [2.45, 2.75) is 13.8 Å². The predicted octanol–water partition coefficient (Wildman–Crippen LogP) is 0.112. The van der Waals surface area contributed by atoms with E-state index in [1.54, 1.807) is 13.8 Å². The lowest BCUT2D eigenvalue weighted by atomic mass is 10.3. The summed E-state index contributed by atoms with van der Waals surface area (Å²) in [5, 5.41) is 0. The first kappa shape index (κ1) is 15.8. The second kappa shape index (κ2) is 8.96. The van der Waals surface area contributed by atoms with Crippen LogP contribution in [0.2, 0.25) is 0 Å². The van der Waals surface area contributed by atoms with Crippen LogP contribution in [0.3, 0.4) is 0 Å². The zero-order valence-electron chi connectivity index (χ0n) is 9.21. The first-order valence-corrected chi connectivity index (χ1v) is 4.31. The first-order valence-electron chi connectivity index (χ1n) is 4.31. The van der Waals surface area contributed by atoms with Crippen molar-refractivity contribution in [2.24, 2.45) is 11.5 Å². The SMILES string of the molecule is C=C(C)C(=O)OCCN.C=C(C)C(N)=O. The molecule has 0 aliphatic heterocycles. The monoisotopic (exact) mass is 214 g/mol. The summed E-state index contributed by atoms with van der Waals surface area (Å²) < 4.78 is 4.59. The molecule has 0 saturated carbocycles. The van der Waals surface area contributed by atoms with Crippen molar-refractivity contribution in [3.63, 3.8) is 0 Å². The largest absolute Gasteiger partial charge is 0.461 e. The summed E-state index contributed by atoms with van der Waals surface area (Å²) in [6.45, 7) is 10.5. The second-order valence-electron chi connectivity index (χ2n) is 2.85.